The number of benzene rings is 1. The number of hydrogen-bond acceptors (Lipinski definition) is 2. The Morgan fingerprint density at radius 2 is 2.38 bits per heavy atom. The van der Waals surface area contributed by atoms with Crippen LogP contribution in [0.15, 0.2) is 22.7 Å². The van der Waals surface area contributed by atoms with E-state index in [4.69, 9.17) is 11.2 Å². The second-order valence-corrected chi connectivity index (χ2v) is 4.01. The molecular formula is C12H12BrNO2. The number of halogens is 1. The molecule has 3 nitrogen and oxygen atoms in total. The van der Waals surface area contributed by atoms with E-state index in [0.29, 0.717) is 24.3 Å². The van der Waals surface area contributed by atoms with Gasteiger partial charge in [-0.3, -0.25) is 4.79 Å². The minimum atomic E-state index is -0.116. The molecule has 16 heavy (non-hydrogen) atoms. The molecule has 0 aliphatic heterocycles. The van der Waals surface area contributed by atoms with Crippen LogP contribution < -0.4 is 10.1 Å². The zero-order valence-electron chi connectivity index (χ0n) is 8.92. The molecule has 0 aliphatic carbocycles. The Bertz CT molecular complexity index is 424. The molecule has 0 heterocycles. The molecule has 1 aromatic carbocycles. The molecule has 0 saturated carbocycles. The third-order valence-electron chi connectivity index (χ3n) is 1.93. The fourth-order valence-electron chi connectivity index (χ4n) is 1.18. The summed E-state index contributed by atoms with van der Waals surface area (Å²) in [6.07, 6.45) is 5.83. The lowest BCUT2D eigenvalue weighted by molar-refractivity contribution is -0.116. The van der Waals surface area contributed by atoms with Crippen LogP contribution in [-0.2, 0) is 4.79 Å². The van der Waals surface area contributed by atoms with Gasteiger partial charge in [-0.15, -0.1) is 12.3 Å². The molecule has 0 bridgehead atoms. The Labute approximate surface area is 103 Å². The highest BCUT2D eigenvalue weighted by Gasteiger charge is 2.07. The Morgan fingerprint density at radius 1 is 1.62 bits per heavy atom. The number of rotatable bonds is 4. The van der Waals surface area contributed by atoms with E-state index in [1.807, 2.05) is 6.07 Å². The molecule has 1 N–H and O–H groups in total. The Kier molecular flexibility index (Phi) is 4.87. The van der Waals surface area contributed by atoms with Crippen molar-refractivity contribution in [3.8, 4) is 18.1 Å². The molecular weight excluding hydrogens is 270 g/mol. The van der Waals surface area contributed by atoms with Gasteiger partial charge in [0.05, 0.1) is 12.8 Å². The van der Waals surface area contributed by atoms with Crippen LogP contribution in [0.1, 0.15) is 12.8 Å². The maximum Gasteiger partial charge on any atom is 0.225 e. The number of amides is 1. The molecule has 0 unspecified atom stereocenters. The van der Waals surface area contributed by atoms with Gasteiger partial charge >= 0.3 is 0 Å². The van der Waals surface area contributed by atoms with E-state index in [0.717, 1.165) is 4.47 Å². The molecule has 0 saturated heterocycles. The monoisotopic (exact) mass is 281 g/mol. The molecule has 1 amide bonds. The summed E-state index contributed by atoms with van der Waals surface area (Å²) in [5.41, 5.74) is 0.638. The minimum absolute atomic E-state index is 0.116. The Hall–Kier alpha value is -1.47. The van der Waals surface area contributed by atoms with Gasteiger partial charge in [0.1, 0.15) is 5.75 Å². The SMILES string of the molecule is C#CCCC(=O)Nc1cc(Br)ccc1OC. The van der Waals surface area contributed by atoms with Gasteiger partial charge in [-0.05, 0) is 18.2 Å². The molecule has 0 aromatic heterocycles. The molecule has 0 atom stereocenters. The van der Waals surface area contributed by atoms with E-state index < -0.39 is 0 Å². The summed E-state index contributed by atoms with van der Waals surface area (Å²) in [7, 11) is 1.56. The normalized spacial score (nSPS) is 9.31. The largest absolute Gasteiger partial charge is 0.495 e. The average Bonchev–Trinajstić information content (AvgIpc) is 2.27. The minimum Gasteiger partial charge on any atom is -0.495 e. The molecule has 0 fully saturated rings. The molecule has 1 aromatic rings. The second-order valence-electron chi connectivity index (χ2n) is 3.10. The molecule has 4 heteroatoms. The smallest absolute Gasteiger partial charge is 0.225 e. The standard InChI is InChI=1S/C12H12BrNO2/c1-3-4-5-12(15)14-10-8-9(13)6-7-11(10)16-2/h1,6-8H,4-5H2,2H3,(H,14,15). The van der Waals surface area contributed by atoms with Gasteiger partial charge in [0.15, 0.2) is 0 Å². The van der Waals surface area contributed by atoms with E-state index in [-0.39, 0.29) is 5.91 Å². The fraction of sp³-hybridized carbons (Fsp3) is 0.250. The number of methoxy groups -OCH3 is 1. The number of nitrogens with one attached hydrogen (secondary N) is 1. The van der Waals surface area contributed by atoms with Crippen molar-refractivity contribution in [2.45, 2.75) is 12.8 Å². The van der Waals surface area contributed by atoms with Crippen molar-refractivity contribution >= 4 is 27.5 Å². The lowest BCUT2D eigenvalue weighted by Crippen LogP contribution is -2.11. The van der Waals surface area contributed by atoms with Crippen molar-refractivity contribution in [1.29, 1.82) is 0 Å². The van der Waals surface area contributed by atoms with Crippen LogP contribution in [0.2, 0.25) is 0 Å². The van der Waals surface area contributed by atoms with E-state index in [9.17, 15) is 4.79 Å². The van der Waals surface area contributed by atoms with Crippen LogP contribution in [0, 0.1) is 12.3 Å². The van der Waals surface area contributed by atoms with Crippen molar-refractivity contribution in [3.63, 3.8) is 0 Å². The summed E-state index contributed by atoms with van der Waals surface area (Å²) in [5, 5.41) is 2.75. The lowest BCUT2D eigenvalue weighted by Gasteiger charge is -2.09. The molecule has 84 valence electrons. The summed E-state index contributed by atoms with van der Waals surface area (Å²) in [6.45, 7) is 0. The quantitative estimate of drug-likeness (QED) is 0.862. The zero-order valence-corrected chi connectivity index (χ0v) is 10.5. The topological polar surface area (TPSA) is 38.3 Å². The summed E-state index contributed by atoms with van der Waals surface area (Å²) in [6, 6.07) is 5.41. The number of terminal acetylenes is 1. The van der Waals surface area contributed by atoms with Gasteiger partial charge in [0, 0.05) is 17.3 Å². The third kappa shape index (κ3) is 3.59. The number of hydrogen-bond donors (Lipinski definition) is 1. The predicted octanol–water partition coefficient (Wildman–Crippen LogP) is 2.81. The van der Waals surface area contributed by atoms with Crippen LogP contribution in [0.25, 0.3) is 0 Å². The highest BCUT2D eigenvalue weighted by Crippen LogP contribution is 2.27. The van der Waals surface area contributed by atoms with Crippen molar-refractivity contribution < 1.29 is 9.53 Å². The van der Waals surface area contributed by atoms with E-state index in [1.54, 1.807) is 19.2 Å². The summed E-state index contributed by atoms with van der Waals surface area (Å²) < 4.78 is 6.01. The van der Waals surface area contributed by atoms with Crippen LogP contribution in [0.4, 0.5) is 5.69 Å². The van der Waals surface area contributed by atoms with Gasteiger partial charge < -0.3 is 10.1 Å². The number of ether oxygens (including phenoxy) is 1. The first kappa shape index (κ1) is 12.6. The van der Waals surface area contributed by atoms with Gasteiger partial charge in [0.25, 0.3) is 0 Å². The first-order valence-corrected chi connectivity index (χ1v) is 5.53. The number of carbonyl (C=O) groups excluding carboxylic acids is 1. The first-order chi connectivity index (χ1) is 7.67. The molecule has 0 aliphatic rings. The molecule has 0 spiro atoms. The van der Waals surface area contributed by atoms with Crippen LogP contribution in [-0.4, -0.2) is 13.0 Å². The average molecular weight is 282 g/mol. The van der Waals surface area contributed by atoms with Crippen LogP contribution in [0.5, 0.6) is 5.75 Å². The Balaban J connectivity index is 2.76. The summed E-state index contributed by atoms with van der Waals surface area (Å²) in [5.74, 6) is 2.93. The number of carbonyl (C=O) groups is 1. The van der Waals surface area contributed by atoms with Crippen molar-refractivity contribution in [2.24, 2.45) is 0 Å². The van der Waals surface area contributed by atoms with Crippen molar-refractivity contribution in [1.82, 2.24) is 0 Å². The highest BCUT2D eigenvalue weighted by molar-refractivity contribution is 9.10. The molecule has 0 radical (unpaired) electrons. The van der Waals surface area contributed by atoms with E-state index in [1.165, 1.54) is 0 Å². The van der Waals surface area contributed by atoms with Crippen LogP contribution in [0.3, 0.4) is 0 Å². The maximum absolute atomic E-state index is 11.5. The van der Waals surface area contributed by atoms with Crippen LogP contribution >= 0.6 is 15.9 Å². The third-order valence-corrected chi connectivity index (χ3v) is 2.43. The first-order valence-electron chi connectivity index (χ1n) is 4.74. The summed E-state index contributed by atoms with van der Waals surface area (Å²) >= 11 is 3.33. The predicted molar refractivity (Wildman–Crippen MR) is 67.4 cm³/mol. The van der Waals surface area contributed by atoms with Gasteiger partial charge in [-0.25, -0.2) is 0 Å². The second kappa shape index (κ2) is 6.19. The van der Waals surface area contributed by atoms with E-state index in [2.05, 4.69) is 27.2 Å². The summed E-state index contributed by atoms with van der Waals surface area (Å²) in [4.78, 5) is 11.5. The van der Waals surface area contributed by atoms with Gasteiger partial charge in [-0.2, -0.15) is 0 Å². The number of anilines is 1. The van der Waals surface area contributed by atoms with Crippen molar-refractivity contribution in [3.05, 3.63) is 22.7 Å². The van der Waals surface area contributed by atoms with Crippen molar-refractivity contribution in [2.75, 3.05) is 12.4 Å². The highest BCUT2D eigenvalue weighted by atomic mass is 79.9. The zero-order chi connectivity index (χ0) is 12.0. The Morgan fingerprint density at radius 3 is 3.00 bits per heavy atom. The lowest BCUT2D eigenvalue weighted by atomic mass is 10.2. The van der Waals surface area contributed by atoms with Gasteiger partial charge in [-0.1, -0.05) is 15.9 Å². The van der Waals surface area contributed by atoms with E-state index >= 15 is 0 Å². The fourth-order valence-corrected chi connectivity index (χ4v) is 1.54. The molecule has 1 rings (SSSR count). The van der Waals surface area contributed by atoms with Gasteiger partial charge in [0.2, 0.25) is 5.91 Å². The maximum atomic E-state index is 11.5.